The van der Waals surface area contributed by atoms with Gasteiger partial charge in [-0.3, -0.25) is 4.57 Å². The van der Waals surface area contributed by atoms with E-state index in [0.717, 1.165) is 12.2 Å². The van der Waals surface area contributed by atoms with E-state index >= 15 is 0 Å². The highest BCUT2D eigenvalue weighted by Gasteiger charge is 2.14. The van der Waals surface area contributed by atoms with Crippen molar-refractivity contribution < 1.29 is 4.74 Å². The first-order valence-electron chi connectivity index (χ1n) is 4.87. The van der Waals surface area contributed by atoms with Crippen LogP contribution in [0.15, 0.2) is 0 Å². The van der Waals surface area contributed by atoms with Crippen LogP contribution in [0.3, 0.4) is 0 Å². The smallest absolute Gasteiger partial charge is 0.225 e. The van der Waals surface area contributed by atoms with Crippen LogP contribution >= 0.6 is 11.6 Å². The summed E-state index contributed by atoms with van der Waals surface area (Å²) in [5.74, 6) is 0.905. The first-order valence-corrected chi connectivity index (χ1v) is 5.25. The molecule has 0 aromatic carbocycles. The van der Waals surface area contributed by atoms with Crippen molar-refractivity contribution in [3.8, 4) is 0 Å². The first kappa shape index (κ1) is 11.5. The molecule has 1 aromatic heterocycles. The van der Waals surface area contributed by atoms with Crippen molar-refractivity contribution in [1.82, 2.24) is 14.8 Å². The fourth-order valence-corrected chi connectivity index (χ4v) is 1.64. The Bertz CT molecular complexity index is 288. The van der Waals surface area contributed by atoms with Crippen molar-refractivity contribution in [3.05, 3.63) is 11.1 Å². The van der Waals surface area contributed by atoms with Gasteiger partial charge in [-0.25, -0.2) is 0 Å². The van der Waals surface area contributed by atoms with E-state index in [0.29, 0.717) is 18.5 Å². The first-order chi connectivity index (χ1) is 6.70. The average molecular weight is 218 g/mol. The maximum absolute atomic E-state index is 5.93. The highest BCUT2D eigenvalue weighted by Crippen LogP contribution is 2.16. The second-order valence-corrected chi connectivity index (χ2v) is 3.46. The number of halogens is 1. The quantitative estimate of drug-likeness (QED) is 0.758. The van der Waals surface area contributed by atoms with Crippen LogP contribution in [0.25, 0.3) is 0 Å². The molecule has 0 amide bonds. The normalized spacial score (nSPS) is 13.1. The van der Waals surface area contributed by atoms with Gasteiger partial charge < -0.3 is 4.74 Å². The number of rotatable bonds is 5. The summed E-state index contributed by atoms with van der Waals surface area (Å²) >= 11 is 5.93. The van der Waals surface area contributed by atoms with Gasteiger partial charge in [0.15, 0.2) is 0 Å². The van der Waals surface area contributed by atoms with E-state index in [2.05, 4.69) is 10.2 Å². The Morgan fingerprint density at radius 2 is 2.14 bits per heavy atom. The summed E-state index contributed by atoms with van der Waals surface area (Å²) in [5, 5.41) is 8.27. The van der Waals surface area contributed by atoms with Gasteiger partial charge in [0.1, 0.15) is 5.82 Å². The molecule has 0 saturated heterocycles. The lowest BCUT2D eigenvalue weighted by atomic mass is 10.3. The Kier molecular flexibility index (Phi) is 4.35. The second kappa shape index (κ2) is 5.32. The lowest BCUT2D eigenvalue weighted by Gasteiger charge is -2.15. The zero-order chi connectivity index (χ0) is 10.6. The molecule has 0 aliphatic rings. The number of nitrogens with zero attached hydrogens (tertiary/aromatic N) is 3. The molecule has 0 bridgehead atoms. The predicted octanol–water partition coefficient (Wildman–Crippen LogP) is 2.09. The molecular weight excluding hydrogens is 202 g/mol. The van der Waals surface area contributed by atoms with Gasteiger partial charge in [0.2, 0.25) is 5.28 Å². The molecule has 0 spiro atoms. The highest BCUT2D eigenvalue weighted by atomic mass is 35.5. The van der Waals surface area contributed by atoms with E-state index in [4.69, 9.17) is 16.3 Å². The molecule has 0 fully saturated rings. The molecule has 0 radical (unpaired) electrons. The number of aromatic nitrogens is 3. The van der Waals surface area contributed by atoms with Gasteiger partial charge in [-0.15, -0.1) is 10.2 Å². The van der Waals surface area contributed by atoms with Gasteiger partial charge in [0.05, 0.1) is 12.6 Å². The van der Waals surface area contributed by atoms with Crippen LogP contribution in [0, 0.1) is 0 Å². The standard InChI is InChI=1S/C9H16ClN3O/c1-4-8-11-12-9(10)13(8)7(3)6-14-5-2/h7H,4-6H2,1-3H3. The minimum absolute atomic E-state index is 0.187. The number of aryl methyl sites for hydroxylation is 1. The molecular formula is C9H16ClN3O. The lowest BCUT2D eigenvalue weighted by molar-refractivity contribution is 0.118. The van der Waals surface area contributed by atoms with Crippen molar-refractivity contribution in [2.45, 2.75) is 33.2 Å². The van der Waals surface area contributed by atoms with Gasteiger partial charge in [-0.05, 0) is 25.4 Å². The molecule has 4 nitrogen and oxygen atoms in total. The highest BCUT2D eigenvalue weighted by molar-refractivity contribution is 6.28. The third kappa shape index (κ3) is 2.45. The molecule has 1 atom stereocenters. The number of ether oxygens (including phenoxy) is 1. The SMILES string of the molecule is CCOCC(C)n1c(Cl)nnc1CC. The van der Waals surface area contributed by atoms with Crippen LogP contribution in [0.2, 0.25) is 5.28 Å². The maximum atomic E-state index is 5.93. The molecule has 14 heavy (non-hydrogen) atoms. The van der Waals surface area contributed by atoms with E-state index in [9.17, 15) is 0 Å². The largest absolute Gasteiger partial charge is 0.380 e. The molecule has 1 aromatic rings. The zero-order valence-corrected chi connectivity index (χ0v) is 9.58. The Labute approximate surface area is 89.2 Å². The molecule has 0 aliphatic heterocycles. The molecule has 0 aliphatic carbocycles. The zero-order valence-electron chi connectivity index (χ0n) is 8.83. The van der Waals surface area contributed by atoms with E-state index in [1.807, 2.05) is 25.3 Å². The Morgan fingerprint density at radius 3 is 2.71 bits per heavy atom. The third-order valence-corrected chi connectivity index (χ3v) is 2.30. The van der Waals surface area contributed by atoms with Crippen LogP contribution in [0.1, 0.15) is 32.6 Å². The minimum atomic E-state index is 0.187. The summed E-state index contributed by atoms with van der Waals surface area (Å²) in [6.07, 6.45) is 0.830. The summed E-state index contributed by atoms with van der Waals surface area (Å²) in [6, 6.07) is 0.187. The van der Waals surface area contributed by atoms with Crippen molar-refractivity contribution in [2.75, 3.05) is 13.2 Å². The summed E-state index contributed by atoms with van der Waals surface area (Å²) in [7, 11) is 0. The minimum Gasteiger partial charge on any atom is -0.380 e. The van der Waals surface area contributed by atoms with Crippen LogP contribution < -0.4 is 0 Å². The number of hydrogen-bond donors (Lipinski definition) is 0. The van der Waals surface area contributed by atoms with E-state index in [-0.39, 0.29) is 6.04 Å². The van der Waals surface area contributed by atoms with E-state index < -0.39 is 0 Å². The van der Waals surface area contributed by atoms with Crippen molar-refractivity contribution in [1.29, 1.82) is 0 Å². The topological polar surface area (TPSA) is 39.9 Å². The van der Waals surface area contributed by atoms with Crippen LogP contribution in [-0.2, 0) is 11.2 Å². The Morgan fingerprint density at radius 1 is 1.43 bits per heavy atom. The molecule has 0 saturated carbocycles. The Hall–Kier alpha value is -0.610. The maximum Gasteiger partial charge on any atom is 0.225 e. The van der Waals surface area contributed by atoms with Gasteiger partial charge in [-0.2, -0.15) is 0 Å². The van der Waals surface area contributed by atoms with Gasteiger partial charge >= 0.3 is 0 Å². The molecule has 80 valence electrons. The molecule has 1 unspecified atom stereocenters. The summed E-state index contributed by atoms with van der Waals surface area (Å²) in [6.45, 7) is 7.41. The van der Waals surface area contributed by atoms with Crippen LogP contribution in [0.5, 0.6) is 0 Å². The van der Waals surface area contributed by atoms with E-state index in [1.165, 1.54) is 0 Å². The van der Waals surface area contributed by atoms with Gasteiger partial charge in [-0.1, -0.05) is 6.92 Å². The van der Waals surface area contributed by atoms with Crippen LogP contribution in [0.4, 0.5) is 0 Å². The summed E-state index contributed by atoms with van der Waals surface area (Å²) < 4.78 is 7.25. The fourth-order valence-electron chi connectivity index (χ4n) is 1.34. The molecule has 5 heteroatoms. The van der Waals surface area contributed by atoms with E-state index in [1.54, 1.807) is 0 Å². The summed E-state index contributed by atoms with van der Waals surface area (Å²) in [4.78, 5) is 0. The fraction of sp³-hybridized carbons (Fsp3) is 0.778. The molecule has 1 heterocycles. The van der Waals surface area contributed by atoms with Crippen molar-refractivity contribution in [2.24, 2.45) is 0 Å². The summed E-state index contributed by atoms with van der Waals surface area (Å²) in [5.41, 5.74) is 0. The lowest BCUT2D eigenvalue weighted by Crippen LogP contribution is -2.15. The van der Waals surface area contributed by atoms with Crippen LogP contribution in [-0.4, -0.2) is 28.0 Å². The predicted molar refractivity (Wildman–Crippen MR) is 55.6 cm³/mol. The number of hydrogen-bond acceptors (Lipinski definition) is 3. The van der Waals surface area contributed by atoms with Gasteiger partial charge in [0, 0.05) is 13.0 Å². The average Bonchev–Trinajstić information content (AvgIpc) is 2.56. The van der Waals surface area contributed by atoms with Gasteiger partial charge in [0.25, 0.3) is 0 Å². The third-order valence-electron chi connectivity index (χ3n) is 2.04. The monoisotopic (exact) mass is 217 g/mol. The molecule has 1 rings (SSSR count). The van der Waals surface area contributed by atoms with Crippen molar-refractivity contribution in [3.63, 3.8) is 0 Å². The Balaban J connectivity index is 2.76. The van der Waals surface area contributed by atoms with Crippen molar-refractivity contribution >= 4 is 11.6 Å². The second-order valence-electron chi connectivity index (χ2n) is 3.12. The molecule has 0 N–H and O–H groups in total.